The second kappa shape index (κ2) is 6.33. The van der Waals surface area contributed by atoms with E-state index < -0.39 is 0 Å². The standard InChI is InChI=1S/C12H22N2O3/c15-11-4-2-1-3-9(11)7-14-12(16)10-8-17-6-5-13-10/h9-11,13,15H,1-8H2,(H,14,16)/t9-,10+,11+/m0/s1. The third kappa shape index (κ3) is 3.66. The van der Waals surface area contributed by atoms with Gasteiger partial charge in [-0.25, -0.2) is 0 Å². The minimum absolute atomic E-state index is 0.0116. The molecule has 3 N–H and O–H groups in total. The summed E-state index contributed by atoms with van der Waals surface area (Å²) >= 11 is 0. The van der Waals surface area contributed by atoms with Gasteiger partial charge in [-0.05, 0) is 12.8 Å². The average molecular weight is 242 g/mol. The number of hydrogen-bond donors (Lipinski definition) is 3. The fraction of sp³-hybridized carbons (Fsp3) is 0.917. The Hall–Kier alpha value is -0.650. The molecule has 0 aromatic rings. The summed E-state index contributed by atoms with van der Waals surface area (Å²) in [6.45, 7) is 2.42. The van der Waals surface area contributed by atoms with Gasteiger partial charge >= 0.3 is 0 Å². The molecule has 2 fully saturated rings. The number of hydrogen-bond acceptors (Lipinski definition) is 4. The monoisotopic (exact) mass is 242 g/mol. The molecular formula is C12H22N2O3. The van der Waals surface area contributed by atoms with E-state index in [9.17, 15) is 9.90 Å². The largest absolute Gasteiger partial charge is 0.393 e. The van der Waals surface area contributed by atoms with Gasteiger partial charge in [0.25, 0.3) is 0 Å². The smallest absolute Gasteiger partial charge is 0.239 e. The summed E-state index contributed by atoms with van der Waals surface area (Å²) < 4.78 is 5.24. The number of amides is 1. The van der Waals surface area contributed by atoms with E-state index in [4.69, 9.17) is 4.74 Å². The van der Waals surface area contributed by atoms with E-state index in [1.807, 2.05) is 0 Å². The third-order valence-corrected chi connectivity index (χ3v) is 3.65. The van der Waals surface area contributed by atoms with Gasteiger partial charge in [0.1, 0.15) is 6.04 Å². The van der Waals surface area contributed by atoms with E-state index in [0.29, 0.717) is 19.8 Å². The van der Waals surface area contributed by atoms with E-state index in [0.717, 1.165) is 32.2 Å². The van der Waals surface area contributed by atoms with Crippen LogP contribution >= 0.6 is 0 Å². The molecule has 5 heteroatoms. The predicted molar refractivity (Wildman–Crippen MR) is 63.6 cm³/mol. The van der Waals surface area contributed by atoms with Crippen LogP contribution in [-0.4, -0.2) is 49.5 Å². The number of carbonyl (C=O) groups is 1. The SMILES string of the molecule is O=C(NC[C@@H]1CCCC[C@H]1O)[C@H]1COCCN1. The van der Waals surface area contributed by atoms with Crippen molar-refractivity contribution in [1.82, 2.24) is 10.6 Å². The Morgan fingerprint density at radius 2 is 2.24 bits per heavy atom. The molecule has 0 radical (unpaired) electrons. The van der Waals surface area contributed by atoms with Gasteiger partial charge in [0, 0.05) is 19.0 Å². The summed E-state index contributed by atoms with van der Waals surface area (Å²) in [5.41, 5.74) is 0. The first-order valence-electron chi connectivity index (χ1n) is 6.54. The highest BCUT2D eigenvalue weighted by Crippen LogP contribution is 2.23. The zero-order valence-corrected chi connectivity index (χ0v) is 10.2. The van der Waals surface area contributed by atoms with Crippen LogP contribution in [0.25, 0.3) is 0 Å². The summed E-state index contributed by atoms with van der Waals surface area (Å²) in [5.74, 6) is 0.208. The fourth-order valence-corrected chi connectivity index (χ4v) is 2.51. The van der Waals surface area contributed by atoms with E-state index in [-0.39, 0.29) is 24.0 Å². The highest BCUT2D eigenvalue weighted by atomic mass is 16.5. The number of carbonyl (C=O) groups excluding carboxylic acids is 1. The van der Waals surface area contributed by atoms with Gasteiger partial charge in [-0.3, -0.25) is 4.79 Å². The van der Waals surface area contributed by atoms with Crippen LogP contribution in [0.5, 0.6) is 0 Å². The molecule has 1 aliphatic heterocycles. The Kier molecular flexibility index (Phi) is 4.76. The van der Waals surface area contributed by atoms with Crippen molar-refractivity contribution in [3.63, 3.8) is 0 Å². The first kappa shape index (κ1) is 12.8. The van der Waals surface area contributed by atoms with Gasteiger partial charge in [-0.2, -0.15) is 0 Å². The molecule has 1 aliphatic carbocycles. The van der Waals surface area contributed by atoms with Crippen LogP contribution in [0, 0.1) is 5.92 Å². The fourth-order valence-electron chi connectivity index (χ4n) is 2.51. The van der Waals surface area contributed by atoms with Crippen molar-refractivity contribution < 1.29 is 14.6 Å². The Morgan fingerprint density at radius 3 is 2.94 bits per heavy atom. The first-order valence-corrected chi connectivity index (χ1v) is 6.54. The molecule has 0 unspecified atom stereocenters. The second-order valence-electron chi connectivity index (χ2n) is 4.94. The minimum Gasteiger partial charge on any atom is -0.393 e. The van der Waals surface area contributed by atoms with Crippen molar-refractivity contribution in [3.05, 3.63) is 0 Å². The lowest BCUT2D eigenvalue weighted by Crippen LogP contribution is -2.52. The molecule has 3 atom stereocenters. The summed E-state index contributed by atoms with van der Waals surface area (Å²) in [5, 5.41) is 15.8. The van der Waals surface area contributed by atoms with Crippen molar-refractivity contribution in [2.24, 2.45) is 5.92 Å². The van der Waals surface area contributed by atoms with E-state index in [1.54, 1.807) is 0 Å². The molecule has 0 aromatic carbocycles. The van der Waals surface area contributed by atoms with Gasteiger partial charge in [0.05, 0.1) is 19.3 Å². The van der Waals surface area contributed by atoms with Gasteiger partial charge in [-0.1, -0.05) is 12.8 Å². The maximum absolute atomic E-state index is 11.8. The van der Waals surface area contributed by atoms with Gasteiger partial charge in [0.15, 0.2) is 0 Å². The lowest BCUT2D eigenvalue weighted by atomic mass is 9.86. The third-order valence-electron chi connectivity index (χ3n) is 3.65. The maximum Gasteiger partial charge on any atom is 0.239 e. The number of aliphatic hydroxyl groups excluding tert-OH is 1. The summed E-state index contributed by atoms with van der Waals surface area (Å²) in [6, 6.07) is -0.232. The maximum atomic E-state index is 11.8. The molecule has 5 nitrogen and oxygen atoms in total. The van der Waals surface area contributed by atoms with Gasteiger partial charge in [-0.15, -0.1) is 0 Å². The molecule has 2 rings (SSSR count). The van der Waals surface area contributed by atoms with E-state index in [1.165, 1.54) is 0 Å². The first-order chi connectivity index (χ1) is 8.27. The molecule has 2 aliphatic rings. The van der Waals surface area contributed by atoms with Crippen LogP contribution < -0.4 is 10.6 Å². The number of nitrogens with one attached hydrogen (secondary N) is 2. The van der Waals surface area contributed by atoms with Crippen LogP contribution in [0.2, 0.25) is 0 Å². The average Bonchev–Trinajstić information content (AvgIpc) is 2.38. The zero-order chi connectivity index (χ0) is 12.1. The highest BCUT2D eigenvalue weighted by molar-refractivity contribution is 5.81. The zero-order valence-electron chi connectivity index (χ0n) is 10.2. The minimum atomic E-state index is -0.250. The number of rotatable bonds is 3. The Bertz CT molecular complexity index is 254. The molecule has 1 saturated carbocycles. The highest BCUT2D eigenvalue weighted by Gasteiger charge is 2.25. The van der Waals surface area contributed by atoms with Crippen LogP contribution in [0.15, 0.2) is 0 Å². The quantitative estimate of drug-likeness (QED) is 0.632. The lowest BCUT2D eigenvalue weighted by Gasteiger charge is -2.29. The molecule has 0 bridgehead atoms. The number of ether oxygens (including phenoxy) is 1. The number of aliphatic hydroxyl groups is 1. The van der Waals surface area contributed by atoms with Gasteiger partial charge in [0.2, 0.25) is 5.91 Å². The van der Waals surface area contributed by atoms with Crippen molar-refractivity contribution in [1.29, 1.82) is 0 Å². The molecular weight excluding hydrogens is 220 g/mol. The predicted octanol–water partition coefficient (Wildman–Crippen LogP) is -0.358. The van der Waals surface area contributed by atoms with Crippen LogP contribution in [0.3, 0.4) is 0 Å². The van der Waals surface area contributed by atoms with Crippen molar-refractivity contribution in [2.75, 3.05) is 26.3 Å². The van der Waals surface area contributed by atoms with Crippen LogP contribution in [0.1, 0.15) is 25.7 Å². The van der Waals surface area contributed by atoms with Crippen LogP contribution in [-0.2, 0) is 9.53 Å². The normalized spacial score (nSPS) is 34.3. The Balaban J connectivity index is 1.71. The van der Waals surface area contributed by atoms with Crippen molar-refractivity contribution in [2.45, 2.75) is 37.8 Å². The summed E-state index contributed by atoms with van der Waals surface area (Å²) in [7, 11) is 0. The molecule has 98 valence electrons. The number of morpholine rings is 1. The van der Waals surface area contributed by atoms with Crippen LogP contribution in [0.4, 0.5) is 0 Å². The summed E-state index contributed by atoms with van der Waals surface area (Å²) in [4.78, 5) is 11.8. The molecule has 0 aromatic heterocycles. The lowest BCUT2D eigenvalue weighted by molar-refractivity contribution is -0.126. The molecule has 0 spiro atoms. The molecule has 1 amide bonds. The Labute approximate surface area is 102 Å². The second-order valence-corrected chi connectivity index (χ2v) is 4.94. The van der Waals surface area contributed by atoms with Crippen molar-refractivity contribution >= 4 is 5.91 Å². The molecule has 1 heterocycles. The molecule has 1 saturated heterocycles. The Morgan fingerprint density at radius 1 is 1.41 bits per heavy atom. The topological polar surface area (TPSA) is 70.6 Å². The van der Waals surface area contributed by atoms with E-state index >= 15 is 0 Å². The van der Waals surface area contributed by atoms with Gasteiger partial charge < -0.3 is 20.5 Å². The van der Waals surface area contributed by atoms with Crippen molar-refractivity contribution in [3.8, 4) is 0 Å². The summed E-state index contributed by atoms with van der Waals surface area (Å²) in [6.07, 6.45) is 3.88. The van der Waals surface area contributed by atoms with E-state index in [2.05, 4.69) is 10.6 Å². The molecule has 17 heavy (non-hydrogen) atoms.